The van der Waals surface area contributed by atoms with Gasteiger partial charge in [0.2, 0.25) is 0 Å². The third-order valence-corrected chi connectivity index (χ3v) is 2.93. The summed E-state index contributed by atoms with van der Waals surface area (Å²) in [5, 5.41) is 3.94. The molecule has 1 heterocycles. The van der Waals surface area contributed by atoms with E-state index in [1.54, 1.807) is 18.7 Å². The molecule has 0 unspecified atom stereocenters. The van der Waals surface area contributed by atoms with Crippen molar-refractivity contribution < 1.29 is 9.13 Å². The Morgan fingerprint density at radius 1 is 1.47 bits per heavy atom. The van der Waals surface area contributed by atoms with Gasteiger partial charge in [0.25, 0.3) is 0 Å². The molecule has 0 fully saturated rings. The van der Waals surface area contributed by atoms with Crippen LogP contribution in [0.4, 0.5) is 4.39 Å². The van der Waals surface area contributed by atoms with Crippen LogP contribution in [0.5, 0.6) is 5.75 Å². The lowest BCUT2D eigenvalue weighted by Gasteiger charge is -2.10. The quantitative estimate of drug-likeness (QED) is 0.875. The van der Waals surface area contributed by atoms with E-state index in [4.69, 9.17) is 4.74 Å². The summed E-state index contributed by atoms with van der Waals surface area (Å²) in [5.41, 5.74) is 0.735. The van der Waals surface area contributed by atoms with Crippen molar-refractivity contribution in [2.24, 2.45) is 7.05 Å². The first kappa shape index (κ1) is 12.0. The smallest absolute Gasteiger partial charge is 0.164 e. The molecule has 1 aromatic carbocycles. The number of hydrogen-bond donors (Lipinski definition) is 0. The third-order valence-electron chi connectivity index (χ3n) is 2.34. The Balaban J connectivity index is 2.17. The van der Waals surface area contributed by atoms with Crippen LogP contribution >= 0.6 is 15.9 Å². The van der Waals surface area contributed by atoms with Gasteiger partial charge in [-0.15, -0.1) is 0 Å². The van der Waals surface area contributed by atoms with E-state index in [1.807, 2.05) is 0 Å². The van der Waals surface area contributed by atoms with Crippen molar-refractivity contribution in [2.75, 3.05) is 0 Å². The number of benzene rings is 1. The molecule has 0 radical (unpaired) electrons. The summed E-state index contributed by atoms with van der Waals surface area (Å²) in [6.07, 6.45) is 1.46. The summed E-state index contributed by atoms with van der Waals surface area (Å²) in [7, 11) is 1.79. The average Bonchev–Trinajstić information content (AvgIpc) is 2.62. The molecule has 6 heteroatoms. The fourth-order valence-electron chi connectivity index (χ4n) is 1.46. The largest absolute Gasteiger partial charge is 0.484 e. The molecule has 1 aromatic heterocycles. The second-order valence-electron chi connectivity index (χ2n) is 3.62. The standard InChI is InChI=1S/C11H11BrFN3O/c1-7-3-8(13)4-9(12)11(7)17-5-10-14-6-15-16(10)2/h3-4,6H,5H2,1-2H3. The monoisotopic (exact) mass is 299 g/mol. The molecule has 0 spiro atoms. The lowest BCUT2D eigenvalue weighted by Crippen LogP contribution is -2.05. The van der Waals surface area contributed by atoms with E-state index < -0.39 is 0 Å². The summed E-state index contributed by atoms with van der Waals surface area (Å²) in [6, 6.07) is 2.80. The maximum Gasteiger partial charge on any atom is 0.164 e. The zero-order valence-electron chi connectivity index (χ0n) is 9.44. The SMILES string of the molecule is Cc1cc(F)cc(Br)c1OCc1ncnn1C. The first-order valence-corrected chi connectivity index (χ1v) is 5.78. The van der Waals surface area contributed by atoms with Crippen LogP contribution in [-0.2, 0) is 13.7 Å². The molecule has 0 amide bonds. The second-order valence-corrected chi connectivity index (χ2v) is 4.48. The van der Waals surface area contributed by atoms with Crippen molar-refractivity contribution in [1.29, 1.82) is 0 Å². The topological polar surface area (TPSA) is 39.9 Å². The van der Waals surface area contributed by atoms with E-state index in [0.29, 0.717) is 22.7 Å². The summed E-state index contributed by atoms with van der Waals surface area (Å²) in [4.78, 5) is 4.05. The van der Waals surface area contributed by atoms with Crippen molar-refractivity contribution in [1.82, 2.24) is 14.8 Å². The van der Waals surface area contributed by atoms with Crippen LogP contribution in [-0.4, -0.2) is 14.8 Å². The number of ether oxygens (including phenoxy) is 1. The molecular formula is C11H11BrFN3O. The van der Waals surface area contributed by atoms with Gasteiger partial charge >= 0.3 is 0 Å². The number of hydrogen-bond acceptors (Lipinski definition) is 3. The maximum atomic E-state index is 13.1. The first-order chi connectivity index (χ1) is 8.08. The molecule has 0 aliphatic carbocycles. The van der Waals surface area contributed by atoms with Crippen LogP contribution in [0.1, 0.15) is 11.4 Å². The normalized spacial score (nSPS) is 10.6. The highest BCUT2D eigenvalue weighted by molar-refractivity contribution is 9.10. The summed E-state index contributed by atoms with van der Waals surface area (Å²) in [5.74, 6) is 1.04. The minimum Gasteiger partial charge on any atom is -0.484 e. The van der Waals surface area contributed by atoms with Crippen LogP contribution in [0.3, 0.4) is 0 Å². The number of nitrogens with zero attached hydrogens (tertiary/aromatic N) is 3. The van der Waals surface area contributed by atoms with Crippen LogP contribution in [0.15, 0.2) is 22.9 Å². The van der Waals surface area contributed by atoms with Gasteiger partial charge < -0.3 is 4.74 Å². The minimum absolute atomic E-state index is 0.291. The Morgan fingerprint density at radius 3 is 2.82 bits per heavy atom. The Kier molecular flexibility index (Phi) is 3.42. The predicted octanol–water partition coefficient (Wildman–Crippen LogP) is 2.60. The highest BCUT2D eigenvalue weighted by Gasteiger charge is 2.09. The van der Waals surface area contributed by atoms with Gasteiger partial charge in [0.1, 0.15) is 24.5 Å². The van der Waals surface area contributed by atoms with Crippen molar-refractivity contribution in [3.63, 3.8) is 0 Å². The molecule has 0 saturated carbocycles. The Hall–Kier alpha value is -1.43. The molecule has 0 bridgehead atoms. The van der Waals surface area contributed by atoms with Gasteiger partial charge in [0, 0.05) is 7.05 Å². The predicted molar refractivity (Wildman–Crippen MR) is 64.2 cm³/mol. The van der Waals surface area contributed by atoms with E-state index >= 15 is 0 Å². The first-order valence-electron chi connectivity index (χ1n) is 4.99. The van der Waals surface area contributed by atoms with Gasteiger partial charge in [0.05, 0.1) is 4.47 Å². The number of aryl methyl sites for hydroxylation is 2. The van der Waals surface area contributed by atoms with Gasteiger partial charge in [0.15, 0.2) is 5.82 Å². The summed E-state index contributed by atoms with van der Waals surface area (Å²) >= 11 is 3.27. The molecule has 0 N–H and O–H groups in total. The molecule has 17 heavy (non-hydrogen) atoms. The van der Waals surface area contributed by atoms with Gasteiger partial charge in [-0.05, 0) is 40.5 Å². The fraction of sp³-hybridized carbons (Fsp3) is 0.273. The minimum atomic E-state index is -0.291. The van der Waals surface area contributed by atoms with E-state index in [-0.39, 0.29) is 5.82 Å². The third kappa shape index (κ3) is 2.63. The number of rotatable bonds is 3. The molecule has 0 aliphatic heterocycles. The zero-order valence-corrected chi connectivity index (χ0v) is 11.0. The van der Waals surface area contributed by atoms with Crippen molar-refractivity contribution >= 4 is 15.9 Å². The number of aromatic nitrogens is 3. The summed E-state index contributed by atoms with van der Waals surface area (Å²) in [6.45, 7) is 2.08. The van der Waals surface area contributed by atoms with Gasteiger partial charge in [-0.25, -0.2) is 9.37 Å². The highest BCUT2D eigenvalue weighted by atomic mass is 79.9. The second kappa shape index (κ2) is 4.83. The molecule has 90 valence electrons. The summed E-state index contributed by atoms with van der Waals surface area (Å²) < 4.78 is 20.9. The molecule has 2 aromatic rings. The fourth-order valence-corrected chi connectivity index (χ4v) is 2.11. The Labute approximate surface area is 107 Å². The average molecular weight is 300 g/mol. The molecule has 0 aliphatic rings. The lowest BCUT2D eigenvalue weighted by atomic mass is 10.2. The van der Waals surface area contributed by atoms with Gasteiger partial charge in [-0.3, -0.25) is 4.68 Å². The zero-order chi connectivity index (χ0) is 12.4. The van der Waals surface area contributed by atoms with Gasteiger partial charge in [-0.2, -0.15) is 5.10 Å². The van der Waals surface area contributed by atoms with Gasteiger partial charge in [-0.1, -0.05) is 0 Å². The van der Waals surface area contributed by atoms with E-state index in [9.17, 15) is 4.39 Å². The molecule has 0 saturated heterocycles. The van der Waals surface area contributed by atoms with Crippen LogP contribution in [0.25, 0.3) is 0 Å². The van der Waals surface area contributed by atoms with Crippen molar-refractivity contribution in [3.8, 4) is 5.75 Å². The van der Waals surface area contributed by atoms with Crippen LogP contribution < -0.4 is 4.74 Å². The maximum absolute atomic E-state index is 13.1. The van der Waals surface area contributed by atoms with Crippen LogP contribution in [0.2, 0.25) is 0 Å². The Bertz CT molecular complexity index is 518. The van der Waals surface area contributed by atoms with Crippen LogP contribution in [0, 0.1) is 12.7 Å². The van der Waals surface area contributed by atoms with E-state index in [2.05, 4.69) is 26.0 Å². The van der Waals surface area contributed by atoms with Crippen molar-refractivity contribution in [2.45, 2.75) is 13.5 Å². The van der Waals surface area contributed by atoms with E-state index in [1.165, 1.54) is 18.5 Å². The molecular weight excluding hydrogens is 289 g/mol. The molecule has 0 atom stereocenters. The van der Waals surface area contributed by atoms with E-state index in [0.717, 1.165) is 5.56 Å². The molecule has 4 nitrogen and oxygen atoms in total. The molecule has 2 rings (SSSR count). The lowest BCUT2D eigenvalue weighted by molar-refractivity contribution is 0.285. The number of halogens is 2. The van der Waals surface area contributed by atoms with Crippen molar-refractivity contribution in [3.05, 3.63) is 40.1 Å². The Morgan fingerprint density at radius 2 is 2.24 bits per heavy atom. The highest BCUT2D eigenvalue weighted by Crippen LogP contribution is 2.30.